The van der Waals surface area contributed by atoms with Gasteiger partial charge in [-0.2, -0.15) is 0 Å². The van der Waals surface area contributed by atoms with E-state index in [2.05, 4.69) is 9.97 Å². The summed E-state index contributed by atoms with van der Waals surface area (Å²) >= 11 is 0. The predicted molar refractivity (Wildman–Crippen MR) is 38.4 cm³/mol. The molecule has 1 N–H and O–H groups in total. The molecule has 1 aromatic rings. The van der Waals surface area contributed by atoms with Crippen LogP contribution in [0.5, 0.6) is 0 Å². The Morgan fingerprint density at radius 3 is 2.42 bits per heavy atom. The van der Waals surface area contributed by atoms with E-state index in [4.69, 9.17) is 5.11 Å². The van der Waals surface area contributed by atoms with E-state index in [0.717, 1.165) is 0 Å². The molecule has 0 radical (unpaired) electrons. The Labute approximate surface area is 68.1 Å². The maximum atomic E-state index is 10.7. The van der Waals surface area contributed by atoms with Gasteiger partial charge in [-0.3, -0.25) is 4.79 Å². The Kier molecular flexibility index (Phi) is 2.47. The highest BCUT2D eigenvalue weighted by Crippen LogP contribution is 1.95. The zero-order valence-electron chi connectivity index (χ0n) is 6.10. The second kappa shape index (κ2) is 3.56. The van der Waals surface area contributed by atoms with Crippen LogP contribution in [0.1, 0.15) is 5.56 Å². The van der Waals surface area contributed by atoms with Gasteiger partial charge in [0.25, 0.3) is 0 Å². The molecule has 0 aliphatic carbocycles. The number of rotatable bonds is 3. The molecule has 1 rings (SSSR count). The molecule has 0 spiro atoms. The molecule has 62 valence electrons. The maximum absolute atomic E-state index is 10.7. The van der Waals surface area contributed by atoms with Crippen molar-refractivity contribution in [2.45, 2.75) is 6.42 Å². The molecule has 1 aromatic heterocycles. The summed E-state index contributed by atoms with van der Waals surface area (Å²) in [6, 6.07) is 0. The number of carbonyl (C=O) groups excluding carboxylic acids is 1. The molecule has 1 heterocycles. The van der Waals surface area contributed by atoms with Crippen molar-refractivity contribution in [1.82, 2.24) is 9.97 Å². The van der Waals surface area contributed by atoms with Gasteiger partial charge in [0, 0.05) is 18.8 Å². The summed E-state index contributed by atoms with van der Waals surface area (Å²) in [7, 11) is 0. The molecule has 5 nitrogen and oxygen atoms in total. The minimum absolute atomic E-state index is 0.157. The first-order chi connectivity index (χ1) is 5.70. The highest BCUT2D eigenvalue weighted by atomic mass is 16.4. The van der Waals surface area contributed by atoms with Gasteiger partial charge in [0.15, 0.2) is 0 Å². The van der Waals surface area contributed by atoms with Crippen LogP contribution in [0.3, 0.4) is 0 Å². The van der Waals surface area contributed by atoms with Crippen LogP contribution in [0.4, 0.5) is 0 Å². The zero-order valence-corrected chi connectivity index (χ0v) is 6.10. The maximum Gasteiger partial charge on any atom is 0.372 e. The number of carboxylic acid groups (broad SMARTS) is 1. The van der Waals surface area contributed by atoms with E-state index < -0.39 is 11.8 Å². The van der Waals surface area contributed by atoms with Crippen LogP contribution in [-0.4, -0.2) is 26.8 Å². The van der Waals surface area contributed by atoms with Gasteiger partial charge >= 0.3 is 5.97 Å². The fraction of sp³-hybridized carbons (Fsp3) is 0.143. The normalized spacial score (nSPS) is 9.33. The molecule has 12 heavy (non-hydrogen) atoms. The van der Waals surface area contributed by atoms with Gasteiger partial charge in [-0.15, -0.1) is 0 Å². The minimum atomic E-state index is -1.43. The third kappa shape index (κ3) is 2.12. The number of hydrogen-bond acceptors (Lipinski definition) is 4. The van der Waals surface area contributed by atoms with Gasteiger partial charge in [0.2, 0.25) is 5.78 Å². The first kappa shape index (κ1) is 8.32. The van der Waals surface area contributed by atoms with Gasteiger partial charge in [0.05, 0.1) is 0 Å². The molecule has 0 unspecified atom stereocenters. The lowest BCUT2D eigenvalue weighted by atomic mass is 10.2. The Morgan fingerprint density at radius 2 is 1.92 bits per heavy atom. The van der Waals surface area contributed by atoms with E-state index in [0.29, 0.717) is 5.56 Å². The Bertz CT molecular complexity index is 297. The summed E-state index contributed by atoms with van der Waals surface area (Å²) in [5.74, 6) is -2.29. The van der Waals surface area contributed by atoms with Gasteiger partial charge < -0.3 is 5.11 Å². The smallest absolute Gasteiger partial charge is 0.372 e. The van der Waals surface area contributed by atoms with Crippen molar-refractivity contribution >= 4 is 11.8 Å². The summed E-state index contributed by atoms with van der Waals surface area (Å²) in [6.07, 6.45) is 3.98. The number of aromatic nitrogens is 2. The standard InChI is InChI=1S/C7H6N2O3/c10-6(7(11)12)1-5-2-8-4-9-3-5/h2-4H,1H2,(H,11,12). The number of carbonyl (C=O) groups is 2. The molecule has 0 saturated carbocycles. The third-order valence-electron chi connectivity index (χ3n) is 1.22. The van der Waals surface area contributed by atoms with Crippen LogP contribution in [0.2, 0.25) is 0 Å². The SMILES string of the molecule is O=C(O)C(=O)Cc1cncnc1. The predicted octanol–water partition coefficient (Wildman–Crippen LogP) is -0.327. The van der Waals surface area contributed by atoms with Crippen molar-refractivity contribution in [2.75, 3.05) is 0 Å². The minimum Gasteiger partial charge on any atom is -0.475 e. The van der Waals surface area contributed by atoms with Gasteiger partial charge in [0.1, 0.15) is 6.33 Å². The fourth-order valence-electron chi connectivity index (χ4n) is 0.682. The van der Waals surface area contributed by atoms with Gasteiger partial charge in [-0.1, -0.05) is 0 Å². The Morgan fingerprint density at radius 1 is 1.33 bits per heavy atom. The van der Waals surface area contributed by atoms with Crippen LogP contribution in [-0.2, 0) is 16.0 Å². The topological polar surface area (TPSA) is 80.1 Å². The average molecular weight is 166 g/mol. The van der Waals surface area contributed by atoms with Crippen molar-refractivity contribution in [2.24, 2.45) is 0 Å². The largest absolute Gasteiger partial charge is 0.475 e. The quantitative estimate of drug-likeness (QED) is 0.622. The lowest BCUT2D eigenvalue weighted by Crippen LogP contribution is -2.15. The molecule has 0 bridgehead atoms. The van der Waals surface area contributed by atoms with Crippen LogP contribution < -0.4 is 0 Å². The van der Waals surface area contributed by atoms with Crippen LogP contribution in [0.25, 0.3) is 0 Å². The summed E-state index contributed by atoms with van der Waals surface area (Å²) < 4.78 is 0. The summed E-state index contributed by atoms with van der Waals surface area (Å²) in [5.41, 5.74) is 0.505. The Balaban J connectivity index is 2.65. The Hall–Kier alpha value is -1.78. The number of carboxylic acids is 1. The number of nitrogens with zero attached hydrogens (tertiary/aromatic N) is 2. The average Bonchev–Trinajstić information content (AvgIpc) is 2.06. The fourth-order valence-corrected chi connectivity index (χ4v) is 0.682. The van der Waals surface area contributed by atoms with E-state index in [1.165, 1.54) is 18.7 Å². The van der Waals surface area contributed by atoms with E-state index in [-0.39, 0.29) is 6.42 Å². The van der Waals surface area contributed by atoms with Crippen LogP contribution in [0.15, 0.2) is 18.7 Å². The lowest BCUT2D eigenvalue weighted by Gasteiger charge is -1.93. The zero-order chi connectivity index (χ0) is 8.97. The molecule has 0 amide bonds. The van der Waals surface area contributed by atoms with E-state index in [1.807, 2.05) is 0 Å². The van der Waals surface area contributed by atoms with Crippen molar-refractivity contribution < 1.29 is 14.7 Å². The number of Topliss-reactive ketones (excluding diaryl/α,β-unsaturated/α-hetero) is 1. The van der Waals surface area contributed by atoms with Crippen molar-refractivity contribution in [3.63, 3.8) is 0 Å². The lowest BCUT2D eigenvalue weighted by molar-refractivity contribution is -0.148. The number of hydrogen-bond donors (Lipinski definition) is 1. The van der Waals surface area contributed by atoms with Crippen LogP contribution >= 0.6 is 0 Å². The first-order valence-electron chi connectivity index (χ1n) is 3.20. The van der Waals surface area contributed by atoms with Gasteiger partial charge in [-0.05, 0) is 5.56 Å². The van der Waals surface area contributed by atoms with E-state index in [9.17, 15) is 9.59 Å². The molecule has 0 fully saturated rings. The molecule has 5 heteroatoms. The third-order valence-corrected chi connectivity index (χ3v) is 1.22. The molecular weight excluding hydrogens is 160 g/mol. The molecule has 0 aliphatic rings. The summed E-state index contributed by atoms with van der Waals surface area (Å²) in [6.45, 7) is 0. The van der Waals surface area contributed by atoms with Gasteiger partial charge in [-0.25, -0.2) is 14.8 Å². The molecule has 0 saturated heterocycles. The second-order valence-corrected chi connectivity index (χ2v) is 2.15. The van der Waals surface area contributed by atoms with Crippen LogP contribution in [0, 0.1) is 0 Å². The number of aliphatic carboxylic acids is 1. The highest BCUT2D eigenvalue weighted by molar-refractivity contribution is 6.33. The highest BCUT2D eigenvalue weighted by Gasteiger charge is 2.11. The molecule has 0 atom stereocenters. The molecule has 0 aliphatic heterocycles. The van der Waals surface area contributed by atoms with Crippen molar-refractivity contribution in [3.05, 3.63) is 24.3 Å². The summed E-state index contributed by atoms with van der Waals surface area (Å²) in [5, 5.41) is 8.25. The first-order valence-corrected chi connectivity index (χ1v) is 3.20. The van der Waals surface area contributed by atoms with Crippen molar-refractivity contribution in [1.29, 1.82) is 0 Å². The summed E-state index contributed by atoms with van der Waals surface area (Å²) in [4.78, 5) is 28.1. The molecular formula is C7H6N2O3. The van der Waals surface area contributed by atoms with Crippen molar-refractivity contribution in [3.8, 4) is 0 Å². The van der Waals surface area contributed by atoms with E-state index in [1.54, 1.807) is 0 Å². The number of ketones is 1. The monoisotopic (exact) mass is 166 g/mol. The van der Waals surface area contributed by atoms with E-state index >= 15 is 0 Å². The molecule has 0 aromatic carbocycles. The second-order valence-electron chi connectivity index (χ2n) is 2.15.